The van der Waals surface area contributed by atoms with Crippen molar-refractivity contribution in [1.82, 2.24) is 0 Å². The highest BCUT2D eigenvalue weighted by Crippen LogP contribution is 2.47. The molecule has 0 aromatic heterocycles. The Balaban J connectivity index is 2.25. The third-order valence-electron chi connectivity index (χ3n) is 3.72. The van der Waals surface area contributed by atoms with Gasteiger partial charge in [0.25, 0.3) is 0 Å². The lowest BCUT2D eigenvalue weighted by Crippen LogP contribution is -2.38. The fourth-order valence-corrected chi connectivity index (χ4v) is 2.58. The first-order valence-electron chi connectivity index (χ1n) is 5.86. The minimum absolute atomic E-state index is 0.000119. The van der Waals surface area contributed by atoms with E-state index in [1.807, 2.05) is 0 Å². The second-order valence-corrected chi connectivity index (χ2v) is 5.35. The van der Waals surface area contributed by atoms with Gasteiger partial charge in [0.05, 0.1) is 6.61 Å². The fourth-order valence-electron chi connectivity index (χ4n) is 2.39. The van der Waals surface area contributed by atoms with Crippen LogP contribution >= 0.6 is 11.6 Å². The maximum atomic E-state index is 13.7. The quantitative estimate of drug-likeness (QED) is 0.851. The Kier molecular flexibility index (Phi) is 3.71. The van der Waals surface area contributed by atoms with Gasteiger partial charge in [-0.1, -0.05) is 11.6 Å². The van der Waals surface area contributed by atoms with E-state index in [2.05, 4.69) is 0 Å². The molecule has 1 atom stereocenters. The number of nitrogens with two attached hydrogens (primary N) is 1. The van der Waals surface area contributed by atoms with Gasteiger partial charge in [0.2, 0.25) is 0 Å². The zero-order chi connectivity index (χ0) is 12.5. The summed E-state index contributed by atoms with van der Waals surface area (Å²) >= 11 is 5.87. The first kappa shape index (κ1) is 12.8. The number of halogens is 2. The van der Waals surface area contributed by atoms with Crippen LogP contribution < -0.4 is 5.73 Å². The molecule has 1 fully saturated rings. The Bertz CT molecular complexity index is 402. The van der Waals surface area contributed by atoms with Crippen LogP contribution in [0.2, 0.25) is 5.02 Å². The Labute approximate surface area is 106 Å². The van der Waals surface area contributed by atoms with E-state index in [-0.39, 0.29) is 17.8 Å². The van der Waals surface area contributed by atoms with Gasteiger partial charge in [0.15, 0.2) is 0 Å². The highest BCUT2D eigenvalue weighted by atomic mass is 35.5. The monoisotopic (exact) mass is 257 g/mol. The van der Waals surface area contributed by atoms with Crippen molar-refractivity contribution in [3.63, 3.8) is 0 Å². The molecule has 0 saturated heterocycles. The van der Waals surface area contributed by atoms with Gasteiger partial charge >= 0.3 is 0 Å². The minimum atomic E-state index is -0.383. The number of rotatable bonds is 5. The Morgan fingerprint density at radius 3 is 2.71 bits per heavy atom. The van der Waals surface area contributed by atoms with Gasteiger partial charge in [-0.05, 0) is 48.9 Å². The first-order valence-corrected chi connectivity index (χ1v) is 6.24. The topological polar surface area (TPSA) is 46.2 Å². The van der Waals surface area contributed by atoms with Crippen LogP contribution in [0, 0.1) is 17.2 Å². The van der Waals surface area contributed by atoms with E-state index >= 15 is 0 Å². The van der Waals surface area contributed by atoms with Crippen molar-refractivity contribution in [2.24, 2.45) is 17.1 Å². The smallest absolute Gasteiger partial charge is 0.126 e. The lowest BCUT2D eigenvalue weighted by Gasteiger charge is -2.31. The average Bonchev–Trinajstić information content (AvgIpc) is 3.15. The van der Waals surface area contributed by atoms with Gasteiger partial charge in [-0.15, -0.1) is 0 Å². The van der Waals surface area contributed by atoms with Crippen molar-refractivity contribution in [3.8, 4) is 0 Å². The van der Waals surface area contributed by atoms with Crippen LogP contribution in [-0.2, 0) is 6.42 Å². The molecule has 2 nitrogen and oxygen atoms in total. The van der Waals surface area contributed by atoms with Crippen molar-refractivity contribution in [2.45, 2.75) is 19.3 Å². The van der Waals surface area contributed by atoms with E-state index in [0.29, 0.717) is 29.5 Å². The predicted molar refractivity (Wildman–Crippen MR) is 66.4 cm³/mol. The molecular weight excluding hydrogens is 241 g/mol. The fraction of sp³-hybridized carbons (Fsp3) is 0.538. The average molecular weight is 258 g/mol. The number of benzene rings is 1. The van der Waals surface area contributed by atoms with Crippen LogP contribution in [0.3, 0.4) is 0 Å². The van der Waals surface area contributed by atoms with E-state index < -0.39 is 0 Å². The zero-order valence-electron chi connectivity index (χ0n) is 9.63. The molecular formula is C13H17ClFNO. The summed E-state index contributed by atoms with van der Waals surface area (Å²) in [6.45, 7) is 0.375. The molecule has 2 rings (SSSR count). The number of hydrogen-bond acceptors (Lipinski definition) is 2. The van der Waals surface area contributed by atoms with Crippen molar-refractivity contribution in [1.29, 1.82) is 0 Å². The number of hydrogen-bond donors (Lipinski definition) is 2. The zero-order valence-corrected chi connectivity index (χ0v) is 10.4. The van der Waals surface area contributed by atoms with Gasteiger partial charge in [0.1, 0.15) is 5.82 Å². The Hall–Kier alpha value is -0.640. The molecule has 1 aromatic carbocycles. The summed E-state index contributed by atoms with van der Waals surface area (Å²) in [6, 6.07) is 4.52. The van der Waals surface area contributed by atoms with Gasteiger partial charge < -0.3 is 10.8 Å². The van der Waals surface area contributed by atoms with Crippen molar-refractivity contribution >= 4 is 11.6 Å². The number of aliphatic hydroxyl groups is 1. The minimum Gasteiger partial charge on any atom is -0.396 e. The van der Waals surface area contributed by atoms with E-state index in [0.717, 1.165) is 12.8 Å². The van der Waals surface area contributed by atoms with Crippen LogP contribution in [0.25, 0.3) is 0 Å². The summed E-state index contributed by atoms with van der Waals surface area (Å²) in [4.78, 5) is 0. The highest BCUT2D eigenvalue weighted by Gasteiger charge is 2.44. The molecule has 1 unspecified atom stereocenters. The van der Waals surface area contributed by atoms with Crippen molar-refractivity contribution in [3.05, 3.63) is 34.6 Å². The molecule has 0 aliphatic heterocycles. The van der Waals surface area contributed by atoms with E-state index in [4.69, 9.17) is 17.3 Å². The van der Waals surface area contributed by atoms with E-state index in [1.165, 1.54) is 12.1 Å². The van der Waals surface area contributed by atoms with Gasteiger partial charge in [0, 0.05) is 17.0 Å². The lowest BCUT2D eigenvalue weighted by molar-refractivity contribution is 0.108. The molecule has 17 heavy (non-hydrogen) atoms. The molecule has 3 N–H and O–H groups in total. The molecule has 0 radical (unpaired) electrons. The number of aliphatic hydroxyl groups excluding tert-OH is 1. The summed E-state index contributed by atoms with van der Waals surface area (Å²) in [5.74, 6) is 0.136. The summed E-state index contributed by atoms with van der Waals surface area (Å²) in [6.07, 6.45) is 2.59. The molecule has 1 saturated carbocycles. The second kappa shape index (κ2) is 4.92. The van der Waals surface area contributed by atoms with Crippen LogP contribution in [0.1, 0.15) is 18.4 Å². The molecule has 1 aromatic rings. The molecule has 4 heteroatoms. The van der Waals surface area contributed by atoms with Crippen molar-refractivity contribution in [2.75, 3.05) is 13.2 Å². The molecule has 0 spiro atoms. The predicted octanol–water partition coefficient (Wildman–Crippen LogP) is 2.37. The van der Waals surface area contributed by atoms with Gasteiger partial charge in [-0.2, -0.15) is 0 Å². The molecule has 94 valence electrons. The summed E-state index contributed by atoms with van der Waals surface area (Å²) < 4.78 is 13.7. The normalized spacial score (nSPS) is 19.1. The van der Waals surface area contributed by atoms with Crippen LogP contribution in [-0.4, -0.2) is 18.3 Å². The SMILES string of the molecule is NCC(CO)(Cc1cc(Cl)ccc1F)C1CC1. The highest BCUT2D eigenvalue weighted by molar-refractivity contribution is 6.30. The van der Waals surface area contributed by atoms with Crippen LogP contribution in [0.15, 0.2) is 18.2 Å². The Morgan fingerprint density at radius 1 is 1.47 bits per heavy atom. The lowest BCUT2D eigenvalue weighted by atomic mass is 9.77. The molecule has 0 bridgehead atoms. The van der Waals surface area contributed by atoms with Crippen molar-refractivity contribution < 1.29 is 9.50 Å². The van der Waals surface area contributed by atoms with Crippen LogP contribution in [0.4, 0.5) is 4.39 Å². The largest absolute Gasteiger partial charge is 0.396 e. The van der Waals surface area contributed by atoms with Crippen LogP contribution in [0.5, 0.6) is 0 Å². The van der Waals surface area contributed by atoms with E-state index in [9.17, 15) is 9.50 Å². The third kappa shape index (κ3) is 2.62. The molecule has 0 heterocycles. The standard InChI is InChI=1S/C13H17ClFNO/c14-11-3-4-12(15)9(5-11)6-13(7-16,8-17)10-1-2-10/h3-5,10,17H,1-2,6-8,16H2. The molecule has 1 aliphatic rings. The summed E-state index contributed by atoms with van der Waals surface area (Å²) in [5.41, 5.74) is 5.94. The Morgan fingerprint density at radius 2 is 2.18 bits per heavy atom. The third-order valence-corrected chi connectivity index (χ3v) is 3.95. The summed E-state index contributed by atoms with van der Waals surface area (Å²) in [5, 5.41) is 10.1. The summed E-state index contributed by atoms with van der Waals surface area (Å²) in [7, 11) is 0. The molecule has 0 amide bonds. The van der Waals surface area contributed by atoms with E-state index in [1.54, 1.807) is 6.07 Å². The molecule has 1 aliphatic carbocycles. The van der Waals surface area contributed by atoms with Gasteiger partial charge in [-0.25, -0.2) is 4.39 Å². The maximum absolute atomic E-state index is 13.7. The second-order valence-electron chi connectivity index (χ2n) is 4.91. The van der Waals surface area contributed by atoms with Gasteiger partial charge in [-0.3, -0.25) is 0 Å². The first-order chi connectivity index (χ1) is 8.11. The maximum Gasteiger partial charge on any atom is 0.126 e.